The molecule has 0 N–H and O–H groups in total. The standard InChI is InChI=1S/C14H25Cl/c1-2-5-13(15)12-6-10-14(11-7-12)8-3-4-9-14/h12-13H,2-11H2,1H3. The van der Waals surface area contributed by atoms with Gasteiger partial charge in [0.15, 0.2) is 0 Å². The number of alkyl halides is 1. The molecule has 2 aliphatic rings. The third-order valence-corrected chi connectivity index (χ3v) is 5.41. The van der Waals surface area contributed by atoms with Crippen LogP contribution in [0, 0.1) is 11.3 Å². The molecule has 1 unspecified atom stereocenters. The molecule has 0 heterocycles. The van der Waals surface area contributed by atoms with Gasteiger partial charge in [0.2, 0.25) is 0 Å². The quantitative estimate of drug-likeness (QED) is 0.587. The lowest BCUT2D eigenvalue weighted by Gasteiger charge is -2.38. The van der Waals surface area contributed by atoms with E-state index in [1.54, 1.807) is 0 Å². The predicted molar refractivity (Wildman–Crippen MR) is 67.4 cm³/mol. The van der Waals surface area contributed by atoms with Crippen LogP contribution >= 0.6 is 11.6 Å². The molecule has 2 saturated carbocycles. The Labute approximate surface area is 99.8 Å². The van der Waals surface area contributed by atoms with E-state index in [4.69, 9.17) is 11.6 Å². The Hall–Kier alpha value is 0.290. The van der Waals surface area contributed by atoms with Gasteiger partial charge >= 0.3 is 0 Å². The molecular weight excluding hydrogens is 204 g/mol. The van der Waals surface area contributed by atoms with Crippen LogP contribution < -0.4 is 0 Å². The molecule has 2 rings (SSSR count). The topological polar surface area (TPSA) is 0 Å². The lowest BCUT2D eigenvalue weighted by molar-refractivity contribution is 0.151. The lowest BCUT2D eigenvalue weighted by Crippen LogP contribution is -2.28. The second-order valence-corrected chi connectivity index (χ2v) is 6.41. The van der Waals surface area contributed by atoms with Gasteiger partial charge in [-0.3, -0.25) is 0 Å². The number of hydrogen-bond acceptors (Lipinski definition) is 0. The van der Waals surface area contributed by atoms with Gasteiger partial charge in [0.25, 0.3) is 0 Å². The maximum atomic E-state index is 6.45. The van der Waals surface area contributed by atoms with E-state index in [9.17, 15) is 0 Å². The number of hydrogen-bond donors (Lipinski definition) is 0. The summed E-state index contributed by atoms with van der Waals surface area (Å²) in [5.74, 6) is 0.831. The van der Waals surface area contributed by atoms with Crippen molar-refractivity contribution in [3.8, 4) is 0 Å². The Morgan fingerprint density at radius 2 is 1.73 bits per heavy atom. The molecule has 15 heavy (non-hydrogen) atoms. The minimum absolute atomic E-state index is 0.466. The van der Waals surface area contributed by atoms with E-state index >= 15 is 0 Å². The molecule has 0 amide bonds. The Morgan fingerprint density at radius 3 is 2.27 bits per heavy atom. The highest BCUT2D eigenvalue weighted by molar-refractivity contribution is 6.20. The normalized spacial score (nSPS) is 28.4. The van der Waals surface area contributed by atoms with Crippen LogP contribution in [0.1, 0.15) is 71.1 Å². The van der Waals surface area contributed by atoms with Crippen LogP contribution in [0.25, 0.3) is 0 Å². The molecule has 88 valence electrons. The Bertz CT molecular complexity index is 184. The molecule has 0 bridgehead atoms. The zero-order valence-electron chi connectivity index (χ0n) is 10.1. The fourth-order valence-corrected chi connectivity index (χ4v) is 4.22. The van der Waals surface area contributed by atoms with Crippen molar-refractivity contribution in [3.63, 3.8) is 0 Å². The van der Waals surface area contributed by atoms with E-state index in [0.717, 1.165) is 11.3 Å². The summed E-state index contributed by atoms with van der Waals surface area (Å²) in [6.45, 7) is 2.25. The van der Waals surface area contributed by atoms with Crippen molar-refractivity contribution in [3.05, 3.63) is 0 Å². The largest absolute Gasteiger partial charge is 0.123 e. The van der Waals surface area contributed by atoms with Crippen molar-refractivity contribution in [2.24, 2.45) is 11.3 Å². The Kier molecular flexibility index (Phi) is 3.98. The molecule has 0 aromatic rings. The molecule has 0 nitrogen and oxygen atoms in total. The SMILES string of the molecule is CCCC(Cl)C1CCC2(CCCC2)CC1. The fraction of sp³-hybridized carbons (Fsp3) is 1.00. The monoisotopic (exact) mass is 228 g/mol. The molecular formula is C14H25Cl. The van der Waals surface area contributed by atoms with Crippen LogP contribution in [0.4, 0.5) is 0 Å². The highest BCUT2D eigenvalue weighted by Crippen LogP contribution is 2.51. The third-order valence-electron chi connectivity index (χ3n) is 4.83. The second-order valence-electron chi connectivity index (χ2n) is 5.85. The van der Waals surface area contributed by atoms with Gasteiger partial charge in [-0.1, -0.05) is 26.2 Å². The van der Waals surface area contributed by atoms with Crippen LogP contribution in [-0.2, 0) is 0 Å². The van der Waals surface area contributed by atoms with E-state index in [0.29, 0.717) is 5.38 Å². The summed E-state index contributed by atoms with van der Waals surface area (Å²) in [6, 6.07) is 0. The maximum absolute atomic E-state index is 6.45. The second kappa shape index (κ2) is 5.08. The Balaban J connectivity index is 1.81. The number of rotatable bonds is 3. The summed E-state index contributed by atoms with van der Waals surface area (Å²) in [7, 11) is 0. The molecule has 1 spiro atoms. The van der Waals surface area contributed by atoms with E-state index in [1.807, 2.05) is 0 Å². The molecule has 0 aromatic heterocycles. The van der Waals surface area contributed by atoms with Crippen LogP contribution in [0.3, 0.4) is 0 Å². The summed E-state index contributed by atoms with van der Waals surface area (Å²) in [5.41, 5.74) is 0.777. The van der Waals surface area contributed by atoms with Gasteiger partial charge in [-0.2, -0.15) is 0 Å². The smallest absolute Gasteiger partial charge is 0.0364 e. The fourth-order valence-electron chi connectivity index (χ4n) is 3.75. The summed E-state index contributed by atoms with van der Waals surface area (Å²) in [6.07, 6.45) is 14.3. The first-order valence-corrected chi connectivity index (χ1v) is 7.33. The first-order valence-electron chi connectivity index (χ1n) is 6.90. The third kappa shape index (κ3) is 2.70. The first kappa shape index (κ1) is 11.8. The van der Waals surface area contributed by atoms with Gasteiger partial charge in [-0.05, 0) is 56.3 Å². The average molecular weight is 229 g/mol. The van der Waals surface area contributed by atoms with Crippen LogP contribution in [0.5, 0.6) is 0 Å². The van der Waals surface area contributed by atoms with Crippen LogP contribution in [-0.4, -0.2) is 5.38 Å². The van der Waals surface area contributed by atoms with Gasteiger partial charge in [0, 0.05) is 5.38 Å². The molecule has 0 aliphatic heterocycles. The van der Waals surface area contributed by atoms with Crippen molar-refractivity contribution in [1.82, 2.24) is 0 Å². The highest BCUT2D eigenvalue weighted by Gasteiger charge is 2.38. The van der Waals surface area contributed by atoms with Crippen LogP contribution in [0.2, 0.25) is 0 Å². The van der Waals surface area contributed by atoms with Gasteiger partial charge in [-0.15, -0.1) is 11.6 Å². The van der Waals surface area contributed by atoms with Gasteiger partial charge in [-0.25, -0.2) is 0 Å². The number of halogens is 1. The van der Waals surface area contributed by atoms with Gasteiger partial charge < -0.3 is 0 Å². The van der Waals surface area contributed by atoms with Crippen molar-refractivity contribution >= 4 is 11.6 Å². The zero-order chi connectivity index (χ0) is 10.7. The van der Waals surface area contributed by atoms with Crippen molar-refractivity contribution < 1.29 is 0 Å². The van der Waals surface area contributed by atoms with E-state index < -0.39 is 0 Å². The maximum Gasteiger partial charge on any atom is 0.0364 e. The molecule has 2 fully saturated rings. The Morgan fingerprint density at radius 1 is 1.13 bits per heavy atom. The summed E-state index contributed by atoms with van der Waals surface area (Å²) in [4.78, 5) is 0. The molecule has 1 heteroatoms. The van der Waals surface area contributed by atoms with E-state index in [1.165, 1.54) is 64.2 Å². The summed E-state index contributed by atoms with van der Waals surface area (Å²) < 4.78 is 0. The summed E-state index contributed by atoms with van der Waals surface area (Å²) in [5, 5.41) is 0.466. The molecule has 0 aromatic carbocycles. The van der Waals surface area contributed by atoms with Crippen LogP contribution in [0.15, 0.2) is 0 Å². The minimum atomic E-state index is 0.466. The van der Waals surface area contributed by atoms with Gasteiger partial charge in [0.05, 0.1) is 0 Å². The minimum Gasteiger partial charge on any atom is -0.123 e. The molecule has 1 atom stereocenters. The highest BCUT2D eigenvalue weighted by atomic mass is 35.5. The predicted octanol–water partition coefficient (Wildman–Crippen LogP) is 5.14. The first-order chi connectivity index (χ1) is 7.26. The van der Waals surface area contributed by atoms with Crippen molar-refractivity contribution in [1.29, 1.82) is 0 Å². The molecule has 0 radical (unpaired) electrons. The molecule has 2 aliphatic carbocycles. The van der Waals surface area contributed by atoms with E-state index in [-0.39, 0.29) is 0 Å². The van der Waals surface area contributed by atoms with Crippen molar-refractivity contribution in [2.75, 3.05) is 0 Å². The zero-order valence-corrected chi connectivity index (χ0v) is 10.9. The average Bonchev–Trinajstić information content (AvgIpc) is 2.68. The van der Waals surface area contributed by atoms with Gasteiger partial charge in [0.1, 0.15) is 0 Å². The lowest BCUT2D eigenvalue weighted by atomic mass is 9.68. The molecule has 0 saturated heterocycles. The van der Waals surface area contributed by atoms with E-state index in [2.05, 4.69) is 6.92 Å². The van der Waals surface area contributed by atoms with Crippen molar-refractivity contribution in [2.45, 2.75) is 76.5 Å². The summed E-state index contributed by atoms with van der Waals surface area (Å²) >= 11 is 6.45.